The number of carbonyl (C=O) groups is 3. The molecule has 1 fully saturated rings. The number of rotatable bonds is 4. The second-order valence-corrected chi connectivity index (χ2v) is 6.29. The van der Waals surface area contributed by atoms with Gasteiger partial charge < -0.3 is 10.2 Å². The minimum Gasteiger partial charge on any atom is -0.352 e. The van der Waals surface area contributed by atoms with Crippen LogP contribution in [0, 0.1) is 0 Å². The van der Waals surface area contributed by atoms with E-state index < -0.39 is 0 Å². The number of benzene rings is 1. The van der Waals surface area contributed by atoms with Gasteiger partial charge in [0, 0.05) is 31.7 Å². The minimum absolute atomic E-state index is 0.00617. The molecule has 0 aromatic heterocycles. The first kappa shape index (κ1) is 15.6. The van der Waals surface area contributed by atoms with E-state index in [0.717, 1.165) is 0 Å². The van der Waals surface area contributed by atoms with Crippen LogP contribution in [-0.4, -0.2) is 35.3 Å². The Morgan fingerprint density at radius 1 is 1.38 bits per heavy atom. The molecule has 0 saturated carbocycles. The van der Waals surface area contributed by atoms with Gasteiger partial charge in [-0.3, -0.25) is 14.4 Å². The van der Waals surface area contributed by atoms with E-state index in [4.69, 9.17) is 0 Å². The molecule has 1 aromatic rings. The number of hydrogen-bond acceptors (Lipinski definition) is 4. The van der Waals surface area contributed by atoms with Crippen molar-refractivity contribution >= 4 is 34.4 Å². The fourth-order valence-electron chi connectivity index (χ4n) is 2.38. The summed E-state index contributed by atoms with van der Waals surface area (Å²) in [5.41, 5.74) is 1.10. The summed E-state index contributed by atoms with van der Waals surface area (Å²) in [4.78, 5) is 37.0. The van der Waals surface area contributed by atoms with Crippen LogP contribution in [0.1, 0.15) is 30.6 Å². The average molecular weight is 306 g/mol. The van der Waals surface area contributed by atoms with Crippen LogP contribution in [0.15, 0.2) is 24.3 Å². The van der Waals surface area contributed by atoms with Gasteiger partial charge in [0.05, 0.1) is 11.3 Å². The Morgan fingerprint density at radius 2 is 2.10 bits per heavy atom. The molecule has 0 radical (unpaired) electrons. The maximum absolute atomic E-state index is 12.2. The van der Waals surface area contributed by atoms with Crippen molar-refractivity contribution in [3.05, 3.63) is 29.8 Å². The lowest BCUT2D eigenvalue weighted by Crippen LogP contribution is -2.30. The maximum atomic E-state index is 12.2. The van der Waals surface area contributed by atoms with E-state index in [9.17, 15) is 14.4 Å². The van der Waals surface area contributed by atoms with Crippen LogP contribution in [0.5, 0.6) is 0 Å². The zero-order valence-corrected chi connectivity index (χ0v) is 12.9. The van der Waals surface area contributed by atoms with Crippen molar-refractivity contribution in [1.82, 2.24) is 5.32 Å². The van der Waals surface area contributed by atoms with Crippen LogP contribution in [0.2, 0.25) is 0 Å². The summed E-state index contributed by atoms with van der Waals surface area (Å²) >= 11 is 1.19. The van der Waals surface area contributed by atoms with Crippen LogP contribution >= 0.6 is 11.8 Å². The normalized spacial score (nSPS) is 17.9. The number of para-hydroxylation sites is 1. The van der Waals surface area contributed by atoms with Gasteiger partial charge >= 0.3 is 0 Å². The minimum atomic E-state index is -0.191. The van der Waals surface area contributed by atoms with Gasteiger partial charge in [-0.1, -0.05) is 23.9 Å². The molecule has 112 valence electrons. The van der Waals surface area contributed by atoms with Crippen molar-refractivity contribution in [3.63, 3.8) is 0 Å². The lowest BCUT2D eigenvalue weighted by atomic mass is 10.1. The molecule has 1 unspecified atom stereocenters. The topological polar surface area (TPSA) is 66.5 Å². The highest BCUT2D eigenvalue weighted by atomic mass is 32.2. The zero-order chi connectivity index (χ0) is 15.4. The fraction of sp³-hybridized carbons (Fsp3) is 0.400. The van der Waals surface area contributed by atoms with Crippen molar-refractivity contribution < 1.29 is 14.4 Å². The van der Waals surface area contributed by atoms with E-state index in [1.807, 2.05) is 6.92 Å². The summed E-state index contributed by atoms with van der Waals surface area (Å²) in [7, 11) is 0. The molecule has 0 bridgehead atoms. The van der Waals surface area contributed by atoms with Crippen LogP contribution in [-0.2, 0) is 9.59 Å². The molecule has 0 aliphatic carbocycles. The van der Waals surface area contributed by atoms with Gasteiger partial charge in [0.25, 0.3) is 5.91 Å². The predicted molar refractivity (Wildman–Crippen MR) is 83.5 cm³/mol. The summed E-state index contributed by atoms with van der Waals surface area (Å²) in [6.45, 7) is 4.34. The Kier molecular flexibility index (Phi) is 5.01. The van der Waals surface area contributed by atoms with Crippen LogP contribution < -0.4 is 10.2 Å². The standard InChI is InChI=1S/C15H18N2O3S/c1-3-16-15(20)12-6-4-5-7-13(12)17-9-11(8-14(17)19)21-10(2)18/h4-7,11H,3,8-9H2,1-2H3,(H,16,20). The van der Waals surface area contributed by atoms with Gasteiger partial charge in [0.1, 0.15) is 0 Å². The number of nitrogens with one attached hydrogen (secondary N) is 1. The van der Waals surface area contributed by atoms with Gasteiger partial charge in [-0.05, 0) is 19.1 Å². The van der Waals surface area contributed by atoms with Crippen molar-refractivity contribution in [3.8, 4) is 0 Å². The van der Waals surface area contributed by atoms with E-state index in [1.165, 1.54) is 18.7 Å². The Morgan fingerprint density at radius 3 is 2.76 bits per heavy atom. The second kappa shape index (κ2) is 6.76. The SMILES string of the molecule is CCNC(=O)c1ccccc1N1CC(SC(C)=O)CC1=O. The highest BCUT2D eigenvalue weighted by molar-refractivity contribution is 8.14. The third-order valence-electron chi connectivity index (χ3n) is 3.20. The predicted octanol–water partition coefficient (Wildman–Crippen LogP) is 1.82. The molecule has 2 rings (SSSR count). The number of hydrogen-bond donors (Lipinski definition) is 1. The lowest BCUT2D eigenvalue weighted by Gasteiger charge is -2.19. The molecule has 21 heavy (non-hydrogen) atoms. The van der Waals surface area contributed by atoms with Gasteiger partial charge in [0.2, 0.25) is 5.91 Å². The summed E-state index contributed by atoms with van der Waals surface area (Å²) in [6.07, 6.45) is 0.327. The second-order valence-electron chi connectivity index (χ2n) is 4.82. The molecule has 1 saturated heterocycles. The number of nitrogens with zero attached hydrogens (tertiary/aromatic N) is 1. The quantitative estimate of drug-likeness (QED) is 0.921. The Bertz CT molecular complexity index is 574. The molecule has 1 aliphatic rings. The Labute approximate surface area is 128 Å². The third-order valence-corrected chi connectivity index (χ3v) is 4.18. The van der Waals surface area contributed by atoms with Gasteiger partial charge in [-0.2, -0.15) is 0 Å². The molecule has 5 nitrogen and oxygen atoms in total. The first-order valence-corrected chi connectivity index (χ1v) is 7.75. The molecule has 1 atom stereocenters. The van der Waals surface area contributed by atoms with E-state index >= 15 is 0 Å². The summed E-state index contributed by atoms with van der Waals surface area (Å²) in [6, 6.07) is 7.05. The zero-order valence-electron chi connectivity index (χ0n) is 12.1. The van der Waals surface area contributed by atoms with Crippen molar-refractivity contribution in [2.24, 2.45) is 0 Å². The van der Waals surface area contributed by atoms with Crippen molar-refractivity contribution in [2.75, 3.05) is 18.0 Å². The summed E-state index contributed by atoms with van der Waals surface area (Å²) in [5, 5.41) is 2.71. The van der Waals surface area contributed by atoms with Gasteiger partial charge in [-0.25, -0.2) is 0 Å². The van der Waals surface area contributed by atoms with Crippen LogP contribution in [0.25, 0.3) is 0 Å². The molecule has 1 N–H and O–H groups in total. The lowest BCUT2D eigenvalue weighted by molar-refractivity contribution is -0.117. The largest absolute Gasteiger partial charge is 0.352 e. The van der Waals surface area contributed by atoms with Crippen molar-refractivity contribution in [1.29, 1.82) is 0 Å². The molecule has 1 aliphatic heterocycles. The first-order chi connectivity index (χ1) is 10.0. The maximum Gasteiger partial charge on any atom is 0.253 e. The number of anilines is 1. The van der Waals surface area contributed by atoms with Gasteiger partial charge in [0.15, 0.2) is 5.12 Å². The molecule has 1 heterocycles. The monoisotopic (exact) mass is 306 g/mol. The van der Waals surface area contributed by atoms with E-state index in [0.29, 0.717) is 30.8 Å². The summed E-state index contributed by atoms with van der Waals surface area (Å²) < 4.78 is 0. The summed E-state index contributed by atoms with van der Waals surface area (Å²) in [5.74, 6) is -0.242. The van der Waals surface area contributed by atoms with E-state index in [2.05, 4.69) is 5.32 Å². The first-order valence-electron chi connectivity index (χ1n) is 6.87. The molecule has 1 aromatic carbocycles. The number of carbonyl (C=O) groups excluding carboxylic acids is 3. The Hall–Kier alpha value is -1.82. The van der Waals surface area contributed by atoms with Crippen LogP contribution in [0.3, 0.4) is 0 Å². The average Bonchev–Trinajstić information content (AvgIpc) is 2.78. The highest BCUT2D eigenvalue weighted by Crippen LogP contribution is 2.30. The molecule has 0 spiro atoms. The third kappa shape index (κ3) is 3.64. The molecule has 6 heteroatoms. The van der Waals surface area contributed by atoms with E-state index in [-0.39, 0.29) is 22.2 Å². The number of amides is 2. The highest BCUT2D eigenvalue weighted by Gasteiger charge is 2.33. The number of thioether (sulfide) groups is 1. The van der Waals surface area contributed by atoms with E-state index in [1.54, 1.807) is 29.2 Å². The molecular formula is C15H18N2O3S. The molecule has 2 amide bonds. The Balaban J connectivity index is 2.24. The van der Waals surface area contributed by atoms with Crippen molar-refractivity contribution in [2.45, 2.75) is 25.5 Å². The smallest absolute Gasteiger partial charge is 0.253 e. The molecular weight excluding hydrogens is 288 g/mol. The van der Waals surface area contributed by atoms with Gasteiger partial charge in [-0.15, -0.1) is 0 Å². The van der Waals surface area contributed by atoms with Crippen LogP contribution in [0.4, 0.5) is 5.69 Å². The fourth-order valence-corrected chi connectivity index (χ4v) is 3.30.